The van der Waals surface area contributed by atoms with Gasteiger partial charge < -0.3 is 9.84 Å². The van der Waals surface area contributed by atoms with Crippen molar-refractivity contribution in [2.24, 2.45) is 0 Å². The lowest BCUT2D eigenvalue weighted by atomic mass is 10.1. The number of alkyl halides is 1. The lowest BCUT2D eigenvalue weighted by molar-refractivity contribution is -0.153. The molecular weight excluding hydrogens is 223 g/mol. The average Bonchev–Trinajstić information content (AvgIpc) is 2.20. The lowest BCUT2D eigenvalue weighted by Crippen LogP contribution is -2.21. The molecule has 1 unspecified atom stereocenters. The fourth-order valence-electron chi connectivity index (χ4n) is 1.07. The monoisotopic (exact) mass is 232 g/mol. The number of carboxylic acids is 1. The number of ether oxygens (including phenoxy) is 1. The summed E-state index contributed by atoms with van der Waals surface area (Å²) in [7, 11) is 0. The second kappa shape index (κ2) is 4.98. The van der Waals surface area contributed by atoms with Gasteiger partial charge >= 0.3 is 12.3 Å². The van der Waals surface area contributed by atoms with Crippen molar-refractivity contribution in [3.8, 4) is 5.75 Å². The molecule has 0 aliphatic heterocycles. The van der Waals surface area contributed by atoms with Gasteiger partial charge in [-0.2, -0.15) is 4.39 Å². The van der Waals surface area contributed by atoms with Crippen LogP contribution in [0.1, 0.15) is 12.5 Å². The number of aliphatic carboxylic acids is 1. The maximum atomic E-state index is 12.7. The summed E-state index contributed by atoms with van der Waals surface area (Å²) >= 11 is 5.83. The molecular formula is C10H10ClFO3. The predicted octanol–water partition coefficient (Wildman–Crippen LogP) is 2.66. The van der Waals surface area contributed by atoms with Crippen LogP contribution in [0.3, 0.4) is 0 Å². The highest BCUT2D eigenvalue weighted by atomic mass is 35.5. The molecule has 0 heterocycles. The van der Waals surface area contributed by atoms with Crippen LogP contribution in [-0.4, -0.2) is 17.4 Å². The summed E-state index contributed by atoms with van der Waals surface area (Å²) < 4.78 is 17.2. The molecule has 0 aliphatic carbocycles. The number of hydrogen-bond acceptors (Lipinski definition) is 2. The average molecular weight is 233 g/mol. The third-order valence-corrected chi connectivity index (χ3v) is 2.20. The molecule has 0 radical (unpaired) electrons. The lowest BCUT2D eigenvalue weighted by Gasteiger charge is -2.09. The zero-order valence-electron chi connectivity index (χ0n) is 8.04. The summed E-state index contributed by atoms with van der Waals surface area (Å²) in [5.41, 5.74) is 0.784. The molecule has 0 aliphatic rings. The van der Waals surface area contributed by atoms with Crippen molar-refractivity contribution in [1.82, 2.24) is 0 Å². The molecule has 0 fully saturated rings. The summed E-state index contributed by atoms with van der Waals surface area (Å²) in [6, 6.07) is 4.50. The van der Waals surface area contributed by atoms with Crippen LogP contribution < -0.4 is 4.74 Å². The van der Waals surface area contributed by atoms with Gasteiger partial charge in [0.05, 0.1) is 0 Å². The normalized spacial score (nSPS) is 12.2. The Labute approximate surface area is 91.4 Å². The summed E-state index contributed by atoms with van der Waals surface area (Å²) in [5.74, 6) is -1.49. The van der Waals surface area contributed by atoms with Crippen molar-refractivity contribution in [2.75, 3.05) is 0 Å². The van der Waals surface area contributed by atoms with E-state index >= 15 is 0 Å². The molecule has 0 amide bonds. The highest BCUT2D eigenvalue weighted by Gasteiger charge is 2.17. The van der Waals surface area contributed by atoms with Gasteiger partial charge in [-0.05, 0) is 30.2 Å². The van der Waals surface area contributed by atoms with Crippen LogP contribution in [0.4, 0.5) is 4.39 Å². The summed E-state index contributed by atoms with van der Waals surface area (Å²) in [5, 5.41) is 8.85. The molecule has 1 N–H and O–H groups in total. The van der Waals surface area contributed by atoms with Crippen LogP contribution in [0.2, 0.25) is 5.02 Å². The number of benzene rings is 1. The maximum Gasteiger partial charge on any atom is 0.378 e. The topological polar surface area (TPSA) is 46.5 Å². The molecule has 3 nitrogen and oxygen atoms in total. The second-order valence-electron chi connectivity index (χ2n) is 2.88. The van der Waals surface area contributed by atoms with E-state index in [2.05, 4.69) is 4.74 Å². The quantitative estimate of drug-likeness (QED) is 0.868. The molecule has 0 saturated carbocycles. The Morgan fingerprint density at radius 1 is 1.67 bits per heavy atom. The van der Waals surface area contributed by atoms with Crippen LogP contribution in [-0.2, 0) is 11.2 Å². The number of aryl methyl sites for hydroxylation is 1. The van der Waals surface area contributed by atoms with Crippen molar-refractivity contribution in [3.63, 3.8) is 0 Å². The third kappa shape index (κ3) is 3.09. The van der Waals surface area contributed by atoms with Crippen LogP contribution in [0.5, 0.6) is 5.75 Å². The van der Waals surface area contributed by atoms with Crippen molar-refractivity contribution in [3.05, 3.63) is 28.8 Å². The fourth-order valence-corrected chi connectivity index (χ4v) is 1.32. The molecule has 0 bridgehead atoms. The summed E-state index contributed by atoms with van der Waals surface area (Å²) in [6.45, 7) is 1.88. The first-order chi connectivity index (χ1) is 7.04. The highest BCUT2D eigenvalue weighted by molar-refractivity contribution is 6.31. The molecule has 5 heteroatoms. The third-order valence-electron chi connectivity index (χ3n) is 1.83. The maximum absolute atomic E-state index is 12.7. The van der Waals surface area contributed by atoms with Gasteiger partial charge in [0.15, 0.2) is 0 Å². The molecule has 1 aromatic rings. The largest absolute Gasteiger partial charge is 0.476 e. The minimum atomic E-state index is -2.35. The molecule has 1 atom stereocenters. The first-order valence-corrected chi connectivity index (χ1v) is 4.74. The predicted molar refractivity (Wildman–Crippen MR) is 54.0 cm³/mol. The van der Waals surface area contributed by atoms with Gasteiger partial charge in [0.2, 0.25) is 0 Å². The van der Waals surface area contributed by atoms with E-state index in [1.54, 1.807) is 6.07 Å². The van der Waals surface area contributed by atoms with Crippen LogP contribution in [0.15, 0.2) is 18.2 Å². The SMILES string of the molecule is CCc1cc(OC(F)C(=O)O)ccc1Cl. The Balaban J connectivity index is 2.83. The van der Waals surface area contributed by atoms with Crippen LogP contribution >= 0.6 is 11.6 Å². The Bertz CT molecular complexity index is 368. The van der Waals surface area contributed by atoms with Crippen molar-refractivity contribution >= 4 is 17.6 Å². The van der Waals surface area contributed by atoms with E-state index in [1.165, 1.54) is 12.1 Å². The van der Waals surface area contributed by atoms with Gasteiger partial charge in [-0.25, -0.2) is 4.79 Å². The zero-order valence-corrected chi connectivity index (χ0v) is 8.79. The number of rotatable bonds is 4. The van der Waals surface area contributed by atoms with Crippen molar-refractivity contribution < 1.29 is 19.0 Å². The smallest absolute Gasteiger partial charge is 0.378 e. The van der Waals surface area contributed by atoms with Gasteiger partial charge in [0, 0.05) is 5.02 Å². The Morgan fingerprint density at radius 2 is 2.33 bits per heavy atom. The van der Waals surface area contributed by atoms with E-state index in [0.29, 0.717) is 11.4 Å². The van der Waals surface area contributed by atoms with Crippen molar-refractivity contribution in [2.45, 2.75) is 19.7 Å². The molecule has 0 aromatic heterocycles. The molecule has 82 valence electrons. The Morgan fingerprint density at radius 3 is 2.87 bits per heavy atom. The van der Waals surface area contributed by atoms with E-state index in [4.69, 9.17) is 16.7 Å². The first kappa shape index (κ1) is 11.8. The number of carboxylic acid groups (broad SMARTS) is 1. The van der Waals surface area contributed by atoms with Crippen LogP contribution in [0, 0.1) is 0 Å². The second-order valence-corrected chi connectivity index (χ2v) is 3.29. The minimum Gasteiger partial charge on any atom is -0.476 e. The number of carbonyl (C=O) groups is 1. The van der Waals surface area contributed by atoms with Gasteiger partial charge in [-0.3, -0.25) is 0 Å². The van der Waals surface area contributed by atoms with Gasteiger partial charge in [-0.1, -0.05) is 18.5 Å². The highest BCUT2D eigenvalue weighted by Crippen LogP contribution is 2.23. The zero-order chi connectivity index (χ0) is 11.4. The van der Waals surface area contributed by atoms with Crippen LogP contribution in [0.25, 0.3) is 0 Å². The first-order valence-electron chi connectivity index (χ1n) is 4.36. The molecule has 15 heavy (non-hydrogen) atoms. The molecule has 0 spiro atoms. The van der Waals surface area contributed by atoms with Gasteiger partial charge in [-0.15, -0.1) is 0 Å². The van der Waals surface area contributed by atoms with E-state index in [-0.39, 0.29) is 5.75 Å². The molecule has 1 rings (SSSR count). The Kier molecular flexibility index (Phi) is 3.91. The van der Waals surface area contributed by atoms with E-state index in [0.717, 1.165) is 5.56 Å². The standard InChI is InChI=1S/C10H10ClFO3/c1-2-6-5-7(3-4-8(6)11)15-9(12)10(13)14/h3-5,9H,2H2,1H3,(H,13,14). The van der Waals surface area contributed by atoms with Gasteiger partial charge in [0.25, 0.3) is 0 Å². The molecule has 0 saturated heterocycles. The van der Waals surface area contributed by atoms with E-state index in [9.17, 15) is 9.18 Å². The molecule has 1 aromatic carbocycles. The Hall–Kier alpha value is -1.29. The van der Waals surface area contributed by atoms with E-state index < -0.39 is 12.3 Å². The fraction of sp³-hybridized carbons (Fsp3) is 0.300. The summed E-state index contributed by atoms with van der Waals surface area (Å²) in [4.78, 5) is 10.2. The van der Waals surface area contributed by atoms with E-state index in [1.807, 2.05) is 6.92 Å². The number of hydrogen-bond donors (Lipinski definition) is 1. The summed E-state index contributed by atoms with van der Waals surface area (Å²) in [6.07, 6.45) is -1.68. The minimum absolute atomic E-state index is 0.158. The number of halogens is 2. The van der Waals surface area contributed by atoms with Gasteiger partial charge in [0.1, 0.15) is 5.75 Å². The van der Waals surface area contributed by atoms with Crippen molar-refractivity contribution in [1.29, 1.82) is 0 Å².